The molecule has 0 atom stereocenters. The highest BCUT2D eigenvalue weighted by Crippen LogP contribution is 1.89. The molecule has 0 heterocycles. The molecule has 0 unspecified atom stereocenters. The highest BCUT2D eigenvalue weighted by molar-refractivity contribution is 4.63. The summed E-state index contributed by atoms with van der Waals surface area (Å²) in [5.41, 5.74) is 11.2. The second-order valence-electron chi connectivity index (χ2n) is 4.47. The summed E-state index contributed by atoms with van der Waals surface area (Å²) in [6.45, 7) is 10.9. The van der Waals surface area contributed by atoms with Crippen LogP contribution in [0.2, 0.25) is 0 Å². The van der Waals surface area contributed by atoms with E-state index in [0.29, 0.717) is 0 Å². The molecule has 0 aromatic heterocycles. The SMILES string of the molecule is CCCNCCN(CCN)CCN(C)CCN. The second-order valence-corrected chi connectivity index (χ2v) is 4.47. The largest absolute Gasteiger partial charge is 0.329 e. The van der Waals surface area contributed by atoms with Crippen LogP contribution in [-0.2, 0) is 0 Å². The summed E-state index contributed by atoms with van der Waals surface area (Å²) in [6.07, 6.45) is 1.19. The Hall–Kier alpha value is -0.200. The molecule has 5 N–H and O–H groups in total. The molecule has 0 saturated carbocycles. The van der Waals surface area contributed by atoms with Gasteiger partial charge < -0.3 is 21.7 Å². The molecule has 5 heteroatoms. The fraction of sp³-hybridized carbons (Fsp3) is 1.00. The van der Waals surface area contributed by atoms with Crippen molar-refractivity contribution < 1.29 is 0 Å². The lowest BCUT2D eigenvalue weighted by atomic mass is 10.4. The first-order chi connectivity index (χ1) is 8.24. The smallest absolute Gasteiger partial charge is 0.0110 e. The van der Waals surface area contributed by atoms with E-state index in [-0.39, 0.29) is 0 Å². The van der Waals surface area contributed by atoms with Gasteiger partial charge in [0.1, 0.15) is 0 Å². The zero-order valence-electron chi connectivity index (χ0n) is 11.6. The zero-order chi connectivity index (χ0) is 12.9. The molecule has 0 aromatic carbocycles. The van der Waals surface area contributed by atoms with Crippen LogP contribution in [0.1, 0.15) is 13.3 Å². The number of nitrogens with zero attached hydrogens (tertiary/aromatic N) is 2. The van der Waals surface area contributed by atoms with E-state index in [1.807, 2.05) is 0 Å². The first-order valence-electron chi connectivity index (χ1n) is 6.76. The van der Waals surface area contributed by atoms with Crippen LogP contribution in [0.25, 0.3) is 0 Å². The molecule has 0 rings (SSSR count). The minimum absolute atomic E-state index is 0.728. The molecule has 104 valence electrons. The molecule has 17 heavy (non-hydrogen) atoms. The maximum Gasteiger partial charge on any atom is 0.0110 e. The summed E-state index contributed by atoms with van der Waals surface area (Å²) in [4.78, 5) is 4.68. The summed E-state index contributed by atoms with van der Waals surface area (Å²) >= 11 is 0. The maximum absolute atomic E-state index is 5.63. The average molecular weight is 245 g/mol. The van der Waals surface area contributed by atoms with Crippen LogP contribution in [0.5, 0.6) is 0 Å². The molecule has 0 radical (unpaired) electrons. The van der Waals surface area contributed by atoms with Gasteiger partial charge in [0, 0.05) is 52.4 Å². The van der Waals surface area contributed by atoms with E-state index in [2.05, 4.69) is 29.1 Å². The quantitative estimate of drug-likeness (QED) is 0.390. The molecule has 5 nitrogen and oxygen atoms in total. The fourth-order valence-corrected chi connectivity index (χ4v) is 1.70. The van der Waals surface area contributed by atoms with Crippen molar-refractivity contribution in [1.82, 2.24) is 15.1 Å². The highest BCUT2D eigenvalue weighted by Gasteiger charge is 2.05. The van der Waals surface area contributed by atoms with Crippen molar-refractivity contribution in [3.05, 3.63) is 0 Å². The summed E-state index contributed by atoms with van der Waals surface area (Å²) in [5, 5.41) is 3.42. The van der Waals surface area contributed by atoms with Crippen molar-refractivity contribution in [2.75, 3.05) is 66.0 Å². The van der Waals surface area contributed by atoms with Crippen molar-refractivity contribution >= 4 is 0 Å². The van der Waals surface area contributed by atoms with E-state index in [9.17, 15) is 0 Å². The highest BCUT2D eigenvalue weighted by atomic mass is 15.2. The third-order valence-corrected chi connectivity index (χ3v) is 2.79. The van der Waals surface area contributed by atoms with Crippen molar-refractivity contribution in [2.24, 2.45) is 11.5 Å². The van der Waals surface area contributed by atoms with Crippen LogP contribution in [0.4, 0.5) is 0 Å². The van der Waals surface area contributed by atoms with Gasteiger partial charge in [0.15, 0.2) is 0 Å². The van der Waals surface area contributed by atoms with Crippen molar-refractivity contribution in [2.45, 2.75) is 13.3 Å². The van der Waals surface area contributed by atoms with Gasteiger partial charge in [0.25, 0.3) is 0 Å². The number of hydrogen-bond donors (Lipinski definition) is 3. The number of nitrogens with two attached hydrogens (primary N) is 2. The summed E-state index contributed by atoms with van der Waals surface area (Å²) in [5.74, 6) is 0. The van der Waals surface area contributed by atoms with Gasteiger partial charge in [0.05, 0.1) is 0 Å². The molecule has 0 aliphatic rings. The Balaban J connectivity index is 3.65. The van der Waals surface area contributed by atoms with Gasteiger partial charge in [-0.25, -0.2) is 0 Å². The molecule has 0 fully saturated rings. The number of nitrogens with one attached hydrogen (secondary N) is 1. The minimum Gasteiger partial charge on any atom is -0.329 e. The minimum atomic E-state index is 0.728. The van der Waals surface area contributed by atoms with Crippen LogP contribution < -0.4 is 16.8 Å². The van der Waals surface area contributed by atoms with Crippen molar-refractivity contribution in [1.29, 1.82) is 0 Å². The van der Waals surface area contributed by atoms with Gasteiger partial charge in [-0.05, 0) is 20.0 Å². The van der Waals surface area contributed by atoms with E-state index in [4.69, 9.17) is 11.5 Å². The van der Waals surface area contributed by atoms with E-state index in [1.54, 1.807) is 0 Å². The van der Waals surface area contributed by atoms with Crippen LogP contribution in [-0.4, -0.2) is 75.8 Å². The summed E-state index contributed by atoms with van der Waals surface area (Å²) in [6, 6.07) is 0. The predicted octanol–water partition coefficient (Wildman–Crippen LogP) is -0.863. The molecule has 0 aromatic rings. The van der Waals surface area contributed by atoms with Crippen LogP contribution >= 0.6 is 0 Å². The van der Waals surface area contributed by atoms with Crippen LogP contribution in [0, 0.1) is 0 Å². The Bertz CT molecular complexity index is 154. The van der Waals surface area contributed by atoms with Gasteiger partial charge in [-0.15, -0.1) is 0 Å². The number of likely N-dealkylation sites (N-methyl/N-ethyl adjacent to an activating group) is 1. The Labute approximate surface area is 107 Å². The molecule has 0 bridgehead atoms. The molecule has 0 amide bonds. The first kappa shape index (κ1) is 16.8. The van der Waals surface area contributed by atoms with E-state index >= 15 is 0 Å². The van der Waals surface area contributed by atoms with Crippen molar-refractivity contribution in [3.63, 3.8) is 0 Å². The van der Waals surface area contributed by atoms with Gasteiger partial charge in [-0.1, -0.05) is 6.92 Å². The zero-order valence-corrected chi connectivity index (χ0v) is 11.6. The van der Waals surface area contributed by atoms with Crippen molar-refractivity contribution in [3.8, 4) is 0 Å². The molecule has 0 saturated heterocycles. The van der Waals surface area contributed by atoms with E-state index in [1.165, 1.54) is 6.42 Å². The molecular weight excluding hydrogens is 214 g/mol. The lowest BCUT2D eigenvalue weighted by Gasteiger charge is -2.25. The van der Waals surface area contributed by atoms with Crippen LogP contribution in [0.3, 0.4) is 0 Å². The number of rotatable bonds is 12. The van der Waals surface area contributed by atoms with Crippen LogP contribution in [0.15, 0.2) is 0 Å². The second kappa shape index (κ2) is 12.3. The summed E-state index contributed by atoms with van der Waals surface area (Å²) in [7, 11) is 2.11. The number of hydrogen-bond acceptors (Lipinski definition) is 5. The van der Waals surface area contributed by atoms with Gasteiger partial charge in [-0.3, -0.25) is 4.90 Å². The van der Waals surface area contributed by atoms with Gasteiger partial charge in [0.2, 0.25) is 0 Å². The Kier molecular flexibility index (Phi) is 12.1. The van der Waals surface area contributed by atoms with Gasteiger partial charge >= 0.3 is 0 Å². The Morgan fingerprint density at radius 3 is 2.18 bits per heavy atom. The van der Waals surface area contributed by atoms with E-state index in [0.717, 1.165) is 58.9 Å². The molecular formula is C12H31N5. The lowest BCUT2D eigenvalue weighted by molar-refractivity contribution is 0.231. The van der Waals surface area contributed by atoms with E-state index < -0.39 is 0 Å². The molecule has 0 spiro atoms. The third kappa shape index (κ3) is 10.7. The van der Waals surface area contributed by atoms with Gasteiger partial charge in [-0.2, -0.15) is 0 Å². The normalized spacial score (nSPS) is 11.6. The predicted molar refractivity (Wildman–Crippen MR) is 75.2 cm³/mol. The average Bonchev–Trinajstić information content (AvgIpc) is 2.32. The first-order valence-corrected chi connectivity index (χ1v) is 6.76. The summed E-state index contributed by atoms with van der Waals surface area (Å²) < 4.78 is 0. The molecule has 0 aliphatic heterocycles. The molecule has 0 aliphatic carbocycles. The topological polar surface area (TPSA) is 70.5 Å². The fourth-order valence-electron chi connectivity index (χ4n) is 1.70. The lowest BCUT2D eigenvalue weighted by Crippen LogP contribution is -2.40. The standard InChI is InChI=1S/C12H31N5/c1-3-6-15-7-10-17(9-5-14)12-11-16(2)8-4-13/h15H,3-14H2,1-2H3. The Morgan fingerprint density at radius 1 is 0.882 bits per heavy atom. The third-order valence-electron chi connectivity index (χ3n) is 2.79. The maximum atomic E-state index is 5.63. The monoisotopic (exact) mass is 245 g/mol. The Morgan fingerprint density at radius 2 is 1.59 bits per heavy atom.